The highest BCUT2D eigenvalue weighted by Gasteiger charge is 2.71. The number of fused-ring (bicyclic) bond motifs is 5. The molecule has 8 heteroatoms. The van der Waals surface area contributed by atoms with E-state index in [-0.39, 0.29) is 48.4 Å². The van der Waals surface area contributed by atoms with Crippen LogP contribution in [-0.2, 0) is 28.7 Å². The monoisotopic (exact) mass is 588 g/mol. The van der Waals surface area contributed by atoms with E-state index >= 15 is 4.39 Å². The first-order valence-corrected chi connectivity index (χ1v) is 15.6. The van der Waals surface area contributed by atoms with Crippen molar-refractivity contribution in [3.8, 4) is 0 Å². The zero-order valence-electron chi connectivity index (χ0n) is 26.3. The van der Waals surface area contributed by atoms with Gasteiger partial charge in [0.1, 0.15) is 12.2 Å². The molecule has 0 aromatic rings. The molecule has 0 amide bonds. The molecule has 0 aromatic carbocycles. The van der Waals surface area contributed by atoms with Crippen LogP contribution < -0.4 is 0 Å². The van der Waals surface area contributed by atoms with Crippen molar-refractivity contribution >= 4 is 23.3 Å². The number of aliphatic hydroxyl groups excluding tert-OH is 1. The minimum absolute atomic E-state index is 0.0387. The number of esters is 1. The molecule has 0 saturated heterocycles. The normalized spacial score (nSPS) is 37.5. The highest BCUT2D eigenvalue weighted by molar-refractivity contribution is 6.01. The van der Waals surface area contributed by atoms with E-state index in [2.05, 4.69) is 13.8 Å². The zero-order chi connectivity index (χ0) is 31.3. The van der Waals surface area contributed by atoms with Crippen molar-refractivity contribution in [3.05, 3.63) is 23.8 Å². The first kappa shape index (κ1) is 32.7. The Balaban J connectivity index is 1.39. The Bertz CT molecular complexity index is 1170. The van der Waals surface area contributed by atoms with Gasteiger partial charge in [-0.05, 0) is 88.2 Å². The molecule has 8 unspecified atom stereocenters. The highest BCUT2D eigenvalue weighted by Crippen LogP contribution is 2.69. The molecule has 4 aliphatic rings. The average molecular weight is 589 g/mol. The summed E-state index contributed by atoms with van der Waals surface area (Å²) in [6.45, 7) is 13.3. The van der Waals surface area contributed by atoms with Crippen molar-refractivity contribution in [1.29, 1.82) is 0 Å². The topological polar surface area (TPSA) is 107 Å². The number of aliphatic hydroxyl groups is 1. The molecule has 4 rings (SSSR count). The summed E-state index contributed by atoms with van der Waals surface area (Å²) in [4.78, 5) is 50.8. The lowest BCUT2D eigenvalue weighted by atomic mass is 9.45. The quantitative estimate of drug-likeness (QED) is 0.317. The van der Waals surface area contributed by atoms with Crippen LogP contribution >= 0.6 is 0 Å². The maximum Gasteiger partial charge on any atom is 0.306 e. The van der Waals surface area contributed by atoms with Crippen LogP contribution in [0.15, 0.2) is 23.8 Å². The van der Waals surface area contributed by atoms with Gasteiger partial charge in [0.2, 0.25) is 0 Å². The number of ketones is 3. The van der Waals surface area contributed by atoms with Crippen LogP contribution in [0.25, 0.3) is 0 Å². The number of hydrogen-bond acceptors (Lipinski definition) is 7. The number of hydrogen-bond donors (Lipinski definition) is 1. The molecule has 3 fully saturated rings. The van der Waals surface area contributed by atoms with Crippen LogP contribution in [-0.4, -0.2) is 59.0 Å². The Hall–Kier alpha value is -2.19. The van der Waals surface area contributed by atoms with E-state index in [1.807, 2.05) is 13.8 Å². The Morgan fingerprint density at radius 1 is 1.17 bits per heavy atom. The minimum atomic E-state index is -1.94. The zero-order valence-corrected chi connectivity index (χ0v) is 26.3. The standard InChI is InChI=1S/C34H49FO7/c1-20(2)13-15-42-31(4,5)27(38)10-11-29(40)41-19-26(37)30-21(3)16-25-24-9-8-22-17-23(36)12-14-33(22,7)34(24,35)28(39)18-32(25,30)6/h12,14,17,20-21,24-25,28,30,39H,8-11,13,15-16,18-19H2,1-7H3. The van der Waals surface area contributed by atoms with E-state index in [4.69, 9.17) is 9.47 Å². The summed E-state index contributed by atoms with van der Waals surface area (Å²) < 4.78 is 28.4. The van der Waals surface area contributed by atoms with E-state index in [1.54, 1.807) is 26.8 Å². The van der Waals surface area contributed by atoms with E-state index in [0.717, 1.165) is 12.0 Å². The second kappa shape index (κ2) is 11.7. The van der Waals surface area contributed by atoms with Crippen LogP contribution in [0.4, 0.5) is 4.39 Å². The fourth-order valence-electron chi connectivity index (χ4n) is 8.72. The number of halogens is 1. The third-order valence-corrected chi connectivity index (χ3v) is 11.1. The molecule has 3 saturated carbocycles. The van der Waals surface area contributed by atoms with E-state index in [0.29, 0.717) is 31.8 Å². The maximum atomic E-state index is 17.3. The summed E-state index contributed by atoms with van der Waals surface area (Å²) in [6, 6.07) is 0. The van der Waals surface area contributed by atoms with Gasteiger partial charge in [-0.1, -0.05) is 39.3 Å². The van der Waals surface area contributed by atoms with Crippen molar-refractivity contribution in [2.75, 3.05) is 13.2 Å². The number of ether oxygens (including phenoxy) is 2. The number of alkyl halides is 1. The van der Waals surface area contributed by atoms with Gasteiger partial charge in [0, 0.05) is 30.3 Å². The van der Waals surface area contributed by atoms with Gasteiger partial charge in [0.25, 0.3) is 0 Å². The van der Waals surface area contributed by atoms with Crippen LogP contribution in [0.3, 0.4) is 0 Å². The van der Waals surface area contributed by atoms with Crippen molar-refractivity contribution in [2.24, 2.45) is 40.4 Å². The number of allylic oxidation sites excluding steroid dienone is 4. The van der Waals surface area contributed by atoms with Crippen molar-refractivity contribution < 1.29 is 38.1 Å². The molecule has 7 nitrogen and oxygen atoms in total. The lowest BCUT2D eigenvalue weighted by Crippen LogP contribution is -2.66. The highest BCUT2D eigenvalue weighted by atomic mass is 19.1. The molecule has 4 aliphatic carbocycles. The third-order valence-electron chi connectivity index (χ3n) is 11.1. The summed E-state index contributed by atoms with van der Waals surface area (Å²) in [7, 11) is 0. The molecule has 234 valence electrons. The molecular weight excluding hydrogens is 539 g/mol. The van der Waals surface area contributed by atoms with Crippen LogP contribution in [0.2, 0.25) is 0 Å². The molecule has 0 bridgehead atoms. The molecular formula is C34H49FO7. The third kappa shape index (κ3) is 5.58. The smallest absolute Gasteiger partial charge is 0.306 e. The number of carbonyl (C=O) groups excluding carboxylic acids is 4. The summed E-state index contributed by atoms with van der Waals surface area (Å²) in [6.07, 6.45) is 5.73. The van der Waals surface area contributed by atoms with Crippen LogP contribution in [0.5, 0.6) is 0 Å². The first-order valence-electron chi connectivity index (χ1n) is 15.6. The average Bonchev–Trinajstić information content (AvgIpc) is 3.16. The Morgan fingerprint density at radius 2 is 1.86 bits per heavy atom. The predicted molar refractivity (Wildman–Crippen MR) is 156 cm³/mol. The molecule has 0 spiro atoms. The lowest BCUT2D eigenvalue weighted by Gasteiger charge is -2.61. The van der Waals surface area contributed by atoms with Crippen molar-refractivity contribution in [3.63, 3.8) is 0 Å². The molecule has 42 heavy (non-hydrogen) atoms. The SMILES string of the molecule is CC(C)CCOC(C)(C)C(=O)CCC(=O)OCC(=O)C1C(C)CC2C3CCC4=CC(=O)C=CC4(C)C3(F)C(O)CC21C. The molecule has 0 heterocycles. The molecule has 8 atom stereocenters. The largest absolute Gasteiger partial charge is 0.458 e. The fraction of sp³-hybridized carbons (Fsp3) is 0.765. The van der Waals surface area contributed by atoms with Gasteiger partial charge in [-0.15, -0.1) is 0 Å². The van der Waals surface area contributed by atoms with E-state index < -0.39 is 52.6 Å². The van der Waals surface area contributed by atoms with E-state index in [9.17, 15) is 24.3 Å². The maximum absolute atomic E-state index is 17.3. The second-order valence-electron chi connectivity index (χ2n) is 14.6. The summed E-state index contributed by atoms with van der Waals surface area (Å²) >= 11 is 0. The molecule has 0 aromatic heterocycles. The van der Waals surface area contributed by atoms with Crippen LogP contribution in [0, 0.1) is 40.4 Å². The fourth-order valence-corrected chi connectivity index (χ4v) is 8.72. The first-order chi connectivity index (χ1) is 19.5. The lowest BCUT2D eigenvalue weighted by molar-refractivity contribution is -0.196. The van der Waals surface area contributed by atoms with Gasteiger partial charge >= 0.3 is 5.97 Å². The number of rotatable bonds is 11. The van der Waals surface area contributed by atoms with Gasteiger partial charge in [-0.25, -0.2) is 4.39 Å². The summed E-state index contributed by atoms with van der Waals surface area (Å²) in [5.74, 6) is -1.90. The number of Topliss-reactive ketones (excluding diaryl/α,β-unsaturated/α-hetero) is 2. The Kier molecular flexibility index (Phi) is 9.13. The van der Waals surface area contributed by atoms with Gasteiger partial charge in [-0.2, -0.15) is 0 Å². The minimum Gasteiger partial charge on any atom is -0.458 e. The number of carbonyl (C=O) groups is 4. The molecule has 0 aliphatic heterocycles. The molecule has 0 radical (unpaired) electrons. The summed E-state index contributed by atoms with van der Waals surface area (Å²) in [5, 5.41) is 11.5. The van der Waals surface area contributed by atoms with Crippen LogP contribution in [0.1, 0.15) is 93.4 Å². The van der Waals surface area contributed by atoms with E-state index in [1.165, 1.54) is 12.2 Å². The van der Waals surface area contributed by atoms with Crippen molar-refractivity contribution in [2.45, 2.75) is 111 Å². The van der Waals surface area contributed by atoms with Gasteiger partial charge in [-0.3, -0.25) is 19.2 Å². The second-order valence-corrected chi connectivity index (χ2v) is 14.6. The Morgan fingerprint density at radius 3 is 2.52 bits per heavy atom. The van der Waals surface area contributed by atoms with Crippen molar-refractivity contribution in [1.82, 2.24) is 0 Å². The summed E-state index contributed by atoms with van der Waals surface area (Å²) in [5.41, 5.74) is -3.94. The Labute approximate surface area is 249 Å². The van der Waals surface area contributed by atoms with Gasteiger partial charge in [0.15, 0.2) is 23.0 Å². The predicted octanol–water partition coefficient (Wildman–Crippen LogP) is 5.52. The van der Waals surface area contributed by atoms with Gasteiger partial charge < -0.3 is 14.6 Å². The molecule has 1 N–H and O–H groups in total. The van der Waals surface area contributed by atoms with Gasteiger partial charge in [0.05, 0.1) is 12.5 Å².